The number of Topliss-reactive ketones (excluding diaryl/α,β-unsaturated/α-hetero) is 1. The van der Waals surface area contributed by atoms with E-state index in [9.17, 15) is 4.79 Å². The van der Waals surface area contributed by atoms with Gasteiger partial charge in [-0.25, -0.2) is 0 Å². The van der Waals surface area contributed by atoms with Gasteiger partial charge in [-0.15, -0.1) is 0 Å². The first-order valence-corrected chi connectivity index (χ1v) is 7.02. The van der Waals surface area contributed by atoms with E-state index in [4.69, 9.17) is 0 Å². The Morgan fingerprint density at radius 1 is 1.05 bits per heavy atom. The third-order valence-electron chi connectivity index (χ3n) is 3.51. The summed E-state index contributed by atoms with van der Waals surface area (Å²) in [6, 6.07) is 13.5. The van der Waals surface area contributed by atoms with Crippen LogP contribution in [0.4, 0.5) is 11.4 Å². The third-order valence-corrected chi connectivity index (χ3v) is 4.00. The second-order valence-electron chi connectivity index (χ2n) is 4.71. The second-order valence-corrected chi connectivity index (χ2v) is 5.62. The maximum Gasteiger partial charge on any atom is 0.212 e. The van der Waals surface area contributed by atoms with Crippen molar-refractivity contribution in [2.24, 2.45) is 4.99 Å². The smallest absolute Gasteiger partial charge is 0.212 e. The first kappa shape index (κ1) is 11.6. The van der Waals surface area contributed by atoms with Gasteiger partial charge in [0.25, 0.3) is 0 Å². The Balaban J connectivity index is 1.89. The number of allylic oxidation sites excluding steroid dienone is 2. The largest absolute Gasteiger partial charge is 0.351 e. The van der Waals surface area contributed by atoms with Gasteiger partial charge in [0.1, 0.15) is 0 Å². The molecule has 0 bridgehead atoms. The summed E-state index contributed by atoms with van der Waals surface area (Å²) < 4.78 is 0.901. The number of halogens is 1. The third kappa shape index (κ3) is 1.58. The molecule has 20 heavy (non-hydrogen) atoms. The van der Waals surface area contributed by atoms with Gasteiger partial charge in [0.2, 0.25) is 5.78 Å². The number of ketones is 1. The van der Waals surface area contributed by atoms with E-state index in [1.807, 2.05) is 42.5 Å². The van der Waals surface area contributed by atoms with Crippen LogP contribution >= 0.6 is 15.9 Å². The zero-order valence-electron chi connectivity index (χ0n) is 10.4. The molecule has 0 aromatic heterocycles. The van der Waals surface area contributed by atoms with Crippen molar-refractivity contribution in [3.63, 3.8) is 0 Å². The van der Waals surface area contributed by atoms with Crippen molar-refractivity contribution in [3.05, 3.63) is 63.8 Å². The van der Waals surface area contributed by atoms with E-state index < -0.39 is 0 Å². The molecule has 2 aromatic rings. The van der Waals surface area contributed by atoms with Crippen LogP contribution < -0.4 is 5.32 Å². The Bertz CT molecular complexity index is 821. The molecule has 4 rings (SSSR count). The highest BCUT2D eigenvalue weighted by Gasteiger charge is 2.29. The lowest BCUT2D eigenvalue weighted by Gasteiger charge is -2.03. The van der Waals surface area contributed by atoms with Crippen molar-refractivity contribution in [3.8, 4) is 0 Å². The van der Waals surface area contributed by atoms with Crippen molar-refractivity contribution >= 4 is 44.9 Å². The molecule has 0 amide bonds. The molecule has 96 valence electrons. The molecular weight excluding hydrogens is 316 g/mol. The van der Waals surface area contributed by atoms with Gasteiger partial charge in [-0.1, -0.05) is 34.1 Å². The van der Waals surface area contributed by atoms with E-state index in [1.54, 1.807) is 6.21 Å². The zero-order chi connectivity index (χ0) is 13.7. The lowest BCUT2D eigenvalue weighted by Crippen LogP contribution is -2.04. The first-order chi connectivity index (χ1) is 9.74. The Morgan fingerprint density at radius 2 is 1.90 bits per heavy atom. The van der Waals surface area contributed by atoms with E-state index in [1.165, 1.54) is 0 Å². The average molecular weight is 325 g/mol. The SMILES string of the molecule is O=C1C(=C2C=Nc3ccccc32)Nc2ccc(Br)cc21. The number of anilines is 1. The minimum absolute atomic E-state index is 0.0134. The van der Waals surface area contributed by atoms with Crippen molar-refractivity contribution in [2.75, 3.05) is 5.32 Å². The number of nitrogens with zero attached hydrogens (tertiary/aromatic N) is 1. The zero-order valence-corrected chi connectivity index (χ0v) is 11.9. The van der Waals surface area contributed by atoms with E-state index in [0.29, 0.717) is 11.3 Å². The van der Waals surface area contributed by atoms with Crippen LogP contribution in [-0.2, 0) is 0 Å². The predicted octanol–water partition coefficient (Wildman–Crippen LogP) is 4.18. The number of hydrogen-bond donors (Lipinski definition) is 1. The Labute approximate surface area is 124 Å². The van der Waals surface area contributed by atoms with Crippen LogP contribution in [0.1, 0.15) is 15.9 Å². The quantitative estimate of drug-likeness (QED) is 0.738. The van der Waals surface area contributed by atoms with Crippen LogP contribution in [0.3, 0.4) is 0 Å². The Morgan fingerprint density at radius 3 is 2.80 bits per heavy atom. The summed E-state index contributed by atoms with van der Waals surface area (Å²) in [5, 5.41) is 3.21. The highest BCUT2D eigenvalue weighted by atomic mass is 79.9. The number of hydrogen-bond acceptors (Lipinski definition) is 3. The number of aliphatic imine (C=N–C) groups is 1. The molecule has 4 heteroatoms. The van der Waals surface area contributed by atoms with Crippen molar-refractivity contribution in [2.45, 2.75) is 0 Å². The summed E-state index contributed by atoms with van der Waals surface area (Å²) in [6.07, 6.45) is 1.76. The maximum atomic E-state index is 12.5. The number of rotatable bonds is 0. The molecule has 0 spiro atoms. The molecular formula is C16H9BrN2O. The Hall–Kier alpha value is -2.20. The van der Waals surface area contributed by atoms with Crippen LogP contribution in [0.15, 0.2) is 57.6 Å². The van der Waals surface area contributed by atoms with Gasteiger partial charge in [0.15, 0.2) is 0 Å². The molecule has 0 saturated carbocycles. The number of carbonyl (C=O) groups excluding carboxylic acids is 1. The summed E-state index contributed by atoms with van der Waals surface area (Å²) in [5.41, 5.74) is 4.90. The highest BCUT2D eigenvalue weighted by molar-refractivity contribution is 9.10. The molecule has 2 aromatic carbocycles. The van der Waals surface area contributed by atoms with E-state index in [0.717, 1.165) is 27.0 Å². The van der Waals surface area contributed by atoms with E-state index in [-0.39, 0.29) is 5.78 Å². The van der Waals surface area contributed by atoms with E-state index in [2.05, 4.69) is 26.2 Å². The minimum Gasteiger partial charge on any atom is -0.351 e. The molecule has 0 fully saturated rings. The van der Waals surface area contributed by atoms with Crippen LogP contribution in [0.25, 0.3) is 5.57 Å². The fraction of sp³-hybridized carbons (Fsp3) is 0. The Kier molecular flexibility index (Phi) is 2.41. The second kappa shape index (κ2) is 4.15. The lowest BCUT2D eigenvalue weighted by molar-refractivity contribution is 0.104. The van der Waals surface area contributed by atoms with Gasteiger partial charge in [-0.3, -0.25) is 9.79 Å². The molecule has 2 aliphatic rings. The van der Waals surface area contributed by atoms with Crippen LogP contribution in [0, 0.1) is 0 Å². The first-order valence-electron chi connectivity index (χ1n) is 6.23. The number of carbonyl (C=O) groups is 1. The fourth-order valence-corrected chi connectivity index (χ4v) is 2.91. The molecule has 0 aliphatic carbocycles. The van der Waals surface area contributed by atoms with Crippen LogP contribution in [0.5, 0.6) is 0 Å². The summed E-state index contributed by atoms with van der Waals surface area (Å²) in [7, 11) is 0. The summed E-state index contributed by atoms with van der Waals surface area (Å²) >= 11 is 3.40. The topological polar surface area (TPSA) is 41.5 Å². The number of para-hydroxylation sites is 1. The molecule has 2 heterocycles. The molecule has 1 N–H and O–H groups in total. The highest BCUT2D eigenvalue weighted by Crippen LogP contribution is 2.38. The van der Waals surface area contributed by atoms with Gasteiger partial charge >= 0.3 is 0 Å². The molecule has 2 aliphatic heterocycles. The van der Waals surface area contributed by atoms with Gasteiger partial charge in [-0.05, 0) is 24.3 Å². The normalized spacial score (nSPS) is 18.9. The van der Waals surface area contributed by atoms with Gasteiger partial charge < -0.3 is 5.32 Å². The molecule has 0 atom stereocenters. The lowest BCUT2D eigenvalue weighted by atomic mass is 10.0. The summed E-state index contributed by atoms with van der Waals surface area (Å²) in [4.78, 5) is 16.9. The number of nitrogens with one attached hydrogen (secondary N) is 1. The van der Waals surface area contributed by atoms with E-state index >= 15 is 0 Å². The summed E-state index contributed by atoms with van der Waals surface area (Å²) in [6.45, 7) is 0. The van der Waals surface area contributed by atoms with Crippen molar-refractivity contribution in [1.29, 1.82) is 0 Å². The van der Waals surface area contributed by atoms with Crippen molar-refractivity contribution in [1.82, 2.24) is 0 Å². The maximum absolute atomic E-state index is 12.5. The van der Waals surface area contributed by atoms with Gasteiger partial charge in [0.05, 0.1) is 11.4 Å². The summed E-state index contributed by atoms with van der Waals surface area (Å²) in [5.74, 6) is 0.0134. The fourth-order valence-electron chi connectivity index (χ4n) is 2.55. The predicted molar refractivity (Wildman–Crippen MR) is 83.6 cm³/mol. The number of benzene rings is 2. The molecule has 0 radical (unpaired) electrons. The van der Waals surface area contributed by atoms with Gasteiger partial charge in [0, 0.05) is 33.1 Å². The molecule has 0 unspecified atom stereocenters. The minimum atomic E-state index is 0.0134. The van der Waals surface area contributed by atoms with Gasteiger partial charge in [-0.2, -0.15) is 0 Å². The van der Waals surface area contributed by atoms with Crippen LogP contribution in [-0.4, -0.2) is 12.0 Å². The monoisotopic (exact) mass is 324 g/mol. The van der Waals surface area contributed by atoms with Crippen LogP contribution in [0.2, 0.25) is 0 Å². The molecule has 3 nitrogen and oxygen atoms in total. The average Bonchev–Trinajstić information content (AvgIpc) is 3.01. The molecule has 0 saturated heterocycles. The standard InChI is InChI=1S/C16H9BrN2O/c17-9-5-6-14-11(7-9)16(20)15(19-14)12-8-18-13-4-2-1-3-10(12)13/h1-8,19H. The van der Waals surface area contributed by atoms with Crippen molar-refractivity contribution < 1.29 is 4.79 Å². The number of fused-ring (bicyclic) bond motifs is 2.